The minimum Gasteiger partial charge on any atom is -0.378 e. The lowest BCUT2D eigenvalue weighted by molar-refractivity contribution is -0.105. The maximum absolute atomic E-state index is 10.5. The molecule has 8 nitrogen and oxygen atoms in total. The van der Waals surface area contributed by atoms with Gasteiger partial charge in [0.25, 0.3) is 0 Å². The molecule has 1 aromatic rings. The van der Waals surface area contributed by atoms with Crippen molar-refractivity contribution in [2.45, 2.75) is 18.9 Å². The van der Waals surface area contributed by atoms with Crippen molar-refractivity contribution in [1.29, 1.82) is 0 Å². The second kappa shape index (κ2) is 5.35. The molecule has 0 bridgehead atoms. The lowest BCUT2D eigenvalue weighted by Gasteiger charge is -2.27. The van der Waals surface area contributed by atoms with Crippen molar-refractivity contribution in [3.05, 3.63) is 0 Å². The molecule has 1 saturated carbocycles. The summed E-state index contributed by atoms with van der Waals surface area (Å²) < 4.78 is 5.30. The summed E-state index contributed by atoms with van der Waals surface area (Å²) in [6.07, 6.45) is 2.84. The van der Waals surface area contributed by atoms with Crippen LogP contribution in [0.5, 0.6) is 0 Å². The van der Waals surface area contributed by atoms with Crippen molar-refractivity contribution in [2.24, 2.45) is 0 Å². The van der Waals surface area contributed by atoms with Crippen LogP contribution in [-0.2, 0) is 9.53 Å². The number of morpholine rings is 1. The summed E-state index contributed by atoms with van der Waals surface area (Å²) in [5, 5.41) is 5.70. The number of aromatic nitrogens is 3. The predicted molar refractivity (Wildman–Crippen MR) is 69.2 cm³/mol. The normalized spacial score (nSPS) is 19.1. The topological polar surface area (TPSA) is 92.3 Å². The van der Waals surface area contributed by atoms with Crippen LogP contribution >= 0.6 is 0 Å². The smallest absolute Gasteiger partial charge is 0.235 e. The van der Waals surface area contributed by atoms with Gasteiger partial charge >= 0.3 is 0 Å². The highest BCUT2D eigenvalue weighted by Crippen LogP contribution is 2.24. The summed E-state index contributed by atoms with van der Waals surface area (Å²) in [5.41, 5.74) is 0. The molecule has 102 valence electrons. The Morgan fingerprint density at radius 3 is 2.58 bits per heavy atom. The number of amides is 1. The first-order valence-corrected chi connectivity index (χ1v) is 6.40. The summed E-state index contributed by atoms with van der Waals surface area (Å²) in [6.45, 7) is 2.81. The molecule has 1 amide bonds. The molecule has 1 aliphatic carbocycles. The molecule has 0 radical (unpaired) electrons. The average molecular weight is 264 g/mol. The fourth-order valence-corrected chi connectivity index (χ4v) is 1.86. The molecule has 0 unspecified atom stereocenters. The molecular weight excluding hydrogens is 248 g/mol. The van der Waals surface area contributed by atoms with Gasteiger partial charge in [0.15, 0.2) is 0 Å². The van der Waals surface area contributed by atoms with Gasteiger partial charge in [0, 0.05) is 19.1 Å². The highest BCUT2D eigenvalue weighted by atomic mass is 16.5. The summed E-state index contributed by atoms with van der Waals surface area (Å²) >= 11 is 0. The third-order valence-corrected chi connectivity index (χ3v) is 3.02. The van der Waals surface area contributed by atoms with Gasteiger partial charge in [-0.15, -0.1) is 0 Å². The van der Waals surface area contributed by atoms with E-state index >= 15 is 0 Å². The van der Waals surface area contributed by atoms with Crippen LogP contribution in [0.3, 0.4) is 0 Å². The second-order valence-corrected chi connectivity index (χ2v) is 4.56. The lowest BCUT2D eigenvalue weighted by Crippen LogP contribution is -2.37. The molecule has 0 atom stereocenters. The minimum absolute atomic E-state index is 0.273. The number of hydrogen-bond donors (Lipinski definition) is 2. The Hall–Kier alpha value is -1.96. The van der Waals surface area contributed by atoms with Gasteiger partial charge < -0.3 is 15.0 Å². The molecule has 2 heterocycles. The van der Waals surface area contributed by atoms with Crippen LogP contribution in [0.1, 0.15) is 12.8 Å². The number of carbonyl (C=O) groups excluding carboxylic acids is 1. The van der Waals surface area contributed by atoms with E-state index in [1.807, 2.05) is 4.90 Å². The van der Waals surface area contributed by atoms with Gasteiger partial charge in [-0.25, -0.2) is 0 Å². The third kappa shape index (κ3) is 3.08. The van der Waals surface area contributed by atoms with E-state index in [4.69, 9.17) is 4.74 Å². The maximum atomic E-state index is 10.5. The molecule has 0 aromatic carbocycles. The van der Waals surface area contributed by atoms with Gasteiger partial charge in [0.2, 0.25) is 24.3 Å². The SMILES string of the molecule is O=CNc1nc(NC2CC2)nc(N2CCOCC2)n1. The van der Waals surface area contributed by atoms with E-state index < -0.39 is 0 Å². The Kier molecular flexibility index (Phi) is 3.41. The lowest BCUT2D eigenvalue weighted by atomic mass is 10.4. The fourth-order valence-electron chi connectivity index (χ4n) is 1.86. The number of carbonyl (C=O) groups is 1. The van der Waals surface area contributed by atoms with Gasteiger partial charge in [-0.3, -0.25) is 10.1 Å². The van der Waals surface area contributed by atoms with Crippen molar-refractivity contribution in [1.82, 2.24) is 15.0 Å². The van der Waals surface area contributed by atoms with Crippen LogP contribution in [0.2, 0.25) is 0 Å². The van der Waals surface area contributed by atoms with Crippen molar-refractivity contribution in [3.63, 3.8) is 0 Å². The predicted octanol–water partition coefficient (Wildman–Crippen LogP) is -0.149. The number of ether oxygens (including phenoxy) is 1. The molecule has 0 spiro atoms. The quantitative estimate of drug-likeness (QED) is 0.714. The van der Waals surface area contributed by atoms with Crippen LogP contribution in [-0.4, -0.2) is 53.7 Å². The Bertz CT molecular complexity index is 458. The summed E-state index contributed by atoms with van der Waals surface area (Å²) in [4.78, 5) is 25.4. The number of nitrogens with zero attached hydrogens (tertiary/aromatic N) is 4. The standard InChI is InChI=1S/C11H16N6O2/c18-7-12-9-14-10(13-8-1-2-8)16-11(15-9)17-3-5-19-6-4-17/h7-8H,1-6H2,(H2,12,13,14,15,16,18). The van der Waals surface area contributed by atoms with Crippen LogP contribution in [0.4, 0.5) is 17.8 Å². The molecular formula is C11H16N6O2. The average Bonchev–Trinajstić information content (AvgIpc) is 3.24. The van der Waals surface area contributed by atoms with Crippen LogP contribution < -0.4 is 15.5 Å². The first kappa shape index (κ1) is 12.1. The summed E-state index contributed by atoms with van der Waals surface area (Å²) in [6, 6.07) is 0.448. The molecule has 2 N–H and O–H groups in total. The van der Waals surface area contributed by atoms with E-state index in [1.54, 1.807) is 0 Å². The van der Waals surface area contributed by atoms with Crippen molar-refractivity contribution >= 4 is 24.3 Å². The van der Waals surface area contributed by atoms with Crippen molar-refractivity contribution in [2.75, 3.05) is 41.8 Å². The fraction of sp³-hybridized carbons (Fsp3) is 0.636. The third-order valence-electron chi connectivity index (χ3n) is 3.02. The molecule has 3 rings (SSSR count). The summed E-state index contributed by atoms with van der Waals surface area (Å²) in [5.74, 6) is 1.36. The number of nitrogens with one attached hydrogen (secondary N) is 2. The zero-order valence-electron chi connectivity index (χ0n) is 10.5. The first-order valence-electron chi connectivity index (χ1n) is 6.40. The van der Waals surface area contributed by atoms with Crippen LogP contribution in [0.15, 0.2) is 0 Å². The van der Waals surface area contributed by atoms with E-state index in [2.05, 4.69) is 25.6 Å². The first-order chi connectivity index (χ1) is 9.35. The Balaban J connectivity index is 1.82. The van der Waals surface area contributed by atoms with Gasteiger partial charge in [-0.2, -0.15) is 15.0 Å². The second-order valence-electron chi connectivity index (χ2n) is 4.56. The van der Waals surface area contributed by atoms with Gasteiger partial charge in [-0.1, -0.05) is 0 Å². The monoisotopic (exact) mass is 264 g/mol. The molecule has 1 saturated heterocycles. The van der Waals surface area contributed by atoms with Crippen molar-refractivity contribution in [3.8, 4) is 0 Å². The Morgan fingerprint density at radius 1 is 1.16 bits per heavy atom. The molecule has 1 aliphatic heterocycles. The molecule has 2 fully saturated rings. The van der Waals surface area contributed by atoms with Gasteiger partial charge in [0.05, 0.1) is 13.2 Å². The molecule has 1 aromatic heterocycles. The van der Waals surface area contributed by atoms with E-state index in [9.17, 15) is 4.79 Å². The number of rotatable bonds is 5. The van der Waals surface area contributed by atoms with Crippen LogP contribution in [0, 0.1) is 0 Å². The molecule has 8 heteroatoms. The van der Waals surface area contributed by atoms with Gasteiger partial charge in [0.1, 0.15) is 0 Å². The van der Waals surface area contributed by atoms with Crippen molar-refractivity contribution < 1.29 is 9.53 Å². The largest absolute Gasteiger partial charge is 0.378 e. The van der Waals surface area contributed by atoms with E-state index in [-0.39, 0.29) is 5.95 Å². The Labute approximate surface area is 110 Å². The zero-order chi connectivity index (χ0) is 13.1. The number of anilines is 3. The van der Waals surface area contributed by atoms with Crippen LogP contribution in [0.25, 0.3) is 0 Å². The van der Waals surface area contributed by atoms with E-state index in [0.29, 0.717) is 37.6 Å². The van der Waals surface area contributed by atoms with E-state index in [1.165, 1.54) is 0 Å². The number of hydrogen-bond acceptors (Lipinski definition) is 7. The minimum atomic E-state index is 0.273. The van der Waals surface area contributed by atoms with Gasteiger partial charge in [-0.05, 0) is 12.8 Å². The Morgan fingerprint density at radius 2 is 1.89 bits per heavy atom. The molecule has 19 heavy (non-hydrogen) atoms. The highest BCUT2D eigenvalue weighted by Gasteiger charge is 2.23. The summed E-state index contributed by atoms with van der Waals surface area (Å²) in [7, 11) is 0. The molecule has 2 aliphatic rings. The maximum Gasteiger partial charge on any atom is 0.235 e. The van der Waals surface area contributed by atoms with E-state index in [0.717, 1.165) is 25.9 Å². The zero-order valence-corrected chi connectivity index (χ0v) is 10.5. The highest BCUT2D eigenvalue weighted by molar-refractivity contribution is 5.67.